The molecule has 5 heteroatoms. The zero-order chi connectivity index (χ0) is 14.3. The minimum atomic E-state index is 0.151. The number of nitrogens with zero attached hydrogens (tertiary/aromatic N) is 5. The van der Waals surface area contributed by atoms with Gasteiger partial charge in [-0.2, -0.15) is 9.61 Å². The highest BCUT2D eigenvalue weighted by molar-refractivity contribution is 5.60. The van der Waals surface area contributed by atoms with Crippen LogP contribution in [0.2, 0.25) is 0 Å². The maximum absolute atomic E-state index is 4.48. The van der Waals surface area contributed by atoms with Crippen LogP contribution in [-0.2, 0) is 5.41 Å². The topological polar surface area (TPSA) is 56.0 Å². The number of rotatable bonds is 1. The van der Waals surface area contributed by atoms with Gasteiger partial charge in [0.05, 0.1) is 11.9 Å². The van der Waals surface area contributed by atoms with Gasteiger partial charge in [0, 0.05) is 5.56 Å². The first-order valence-electron chi connectivity index (χ1n) is 6.61. The van der Waals surface area contributed by atoms with Crippen LogP contribution in [0, 0.1) is 6.92 Å². The van der Waals surface area contributed by atoms with E-state index in [0.717, 1.165) is 17.1 Å². The first-order chi connectivity index (χ1) is 9.45. The Kier molecular flexibility index (Phi) is 2.78. The van der Waals surface area contributed by atoms with Crippen LogP contribution >= 0.6 is 0 Å². The maximum atomic E-state index is 4.48. The summed E-state index contributed by atoms with van der Waals surface area (Å²) in [5.41, 5.74) is 3.30. The Hall–Kier alpha value is -2.30. The van der Waals surface area contributed by atoms with Gasteiger partial charge in [0.2, 0.25) is 0 Å². The Balaban J connectivity index is 2.02. The molecule has 0 aliphatic carbocycles. The quantitative estimate of drug-likeness (QED) is 0.680. The van der Waals surface area contributed by atoms with Crippen LogP contribution in [-0.4, -0.2) is 24.8 Å². The van der Waals surface area contributed by atoms with Crippen molar-refractivity contribution in [2.45, 2.75) is 33.1 Å². The van der Waals surface area contributed by atoms with Crippen LogP contribution < -0.4 is 0 Å². The van der Waals surface area contributed by atoms with E-state index in [4.69, 9.17) is 0 Å². The molecular formula is C15H17N5. The molecule has 0 saturated carbocycles. The van der Waals surface area contributed by atoms with Crippen molar-refractivity contribution in [1.82, 2.24) is 24.8 Å². The monoisotopic (exact) mass is 267 g/mol. The van der Waals surface area contributed by atoms with Crippen LogP contribution in [0.1, 0.15) is 32.2 Å². The fourth-order valence-electron chi connectivity index (χ4n) is 2.08. The standard InChI is InChI=1S/C15H17N5/c1-10-18-19-14-17-13(9-16-20(10)14)11-5-7-12(8-6-11)15(2,3)4/h5-9H,1-4H3. The molecule has 0 bridgehead atoms. The SMILES string of the molecule is Cc1nnc2nc(-c3ccc(C(C)(C)C)cc3)cnn12. The Morgan fingerprint density at radius 3 is 2.35 bits per heavy atom. The first kappa shape index (κ1) is 12.7. The van der Waals surface area contributed by atoms with Crippen molar-refractivity contribution >= 4 is 5.78 Å². The number of fused-ring (bicyclic) bond motifs is 1. The zero-order valence-electron chi connectivity index (χ0n) is 12.1. The number of benzene rings is 1. The molecule has 0 aliphatic rings. The number of hydrogen-bond acceptors (Lipinski definition) is 4. The van der Waals surface area contributed by atoms with Gasteiger partial charge in [0.25, 0.3) is 5.78 Å². The smallest absolute Gasteiger partial charge is 0.208 e. The third-order valence-corrected chi connectivity index (χ3v) is 3.34. The summed E-state index contributed by atoms with van der Waals surface area (Å²) in [6, 6.07) is 8.42. The molecule has 0 atom stereocenters. The third kappa shape index (κ3) is 2.15. The van der Waals surface area contributed by atoms with E-state index in [2.05, 4.69) is 65.3 Å². The summed E-state index contributed by atoms with van der Waals surface area (Å²) in [6.45, 7) is 8.46. The summed E-state index contributed by atoms with van der Waals surface area (Å²) in [4.78, 5) is 4.48. The van der Waals surface area contributed by atoms with Crippen LogP contribution in [0.15, 0.2) is 30.5 Å². The Morgan fingerprint density at radius 1 is 1.00 bits per heavy atom. The predicted molar refractivity (Wildman–Crippen MR) is 77.5 cm³/mol. The summed E-state index contributed by atoms with van der Waals surface area (Å²) in [7, 11) is 0. The molecule has 0 saturated heterocycles. The summed E-state index contributed by atoms with van der Waals surface area (Å²) >= 11 is 0. The van der Waals surface area contributed by atoms with Crippen molar-refractivity contribution in [3.63, 3.8) is 0 Å². The van der Waals surface area contributed by atoms with Gasteiger partial charge in [-0.3, -0.25) is 0 Å². The van der Waals surface area contributed by atoms with Crippen molar-refractivity contribution in [2.75, 3.05) is 0 Å². The van der Waals surface area contributed by atoms with E-state index in [-0.39, 0.29) is 5.41 Å². The van der Waals surface area contributed by atoms with Crippen molar-refractivity contribution in [3.05, 3.63) is 41.9 Å². The van der Waals surface area contributed by atoms with Crippen molar-refractivity contribution in [3.8, 4) is 11.3 Å². The molecule has 1 aromatic carbocycles. The Labute approximate surface area is 117 Å². The average Bonchev–Trinajstić information content (AvgIpc) is 2.79. The van der Waals surface area contributed by atoms with Crippen LogP contribution in [0.4, 0.5) is 0 Å². The predicted octanol–water partition coefficient (Wildman–Crippen LogP) is 2.79. The summed E-state index contributed by atoms with van der Waals surface area (Å²) in [5.74, 6) is 1.27. The van der Waals surface area contributed by atoms with E-state index in [9.17, 15) is 0 Å². The Morgan fingerprint density at radius 2 is 1.70 bits per heavy atom. The number of aryl methyl sites for hydroxylation is 1. The molecule has 0 N–H and O–H groups in total. The van der Waals surface area contributed by atoms with Gasteiger partial charge in [0.15, 0.2) is 5.82 Å². The van der Waals surface area contributed by atoms with Gasteiger partial charge in [-0.1, -0.05) is 45.0 Å². The minimum Gasteiger partial charge on any atom is -0.208 e. The van der Waals surface area contributed by atoms with E-state index in [1.165, 1.54) is 5.56 Å². The van der Waals surface area contributed by atoms with Gasteiger partial charge in [-0.25, -0.2) is 4.98 Å². The normalized spacial score (nSPS) is 12.0. The fraction of sp³-hybridized carbons (Fsp3) is 0.333. The lowest BCUT2D eigenvalue weighted by Crippen LogP contribution is -2.10. The van der Waals surface area contributed by atoms with Gasteiger partial charge in [0.1, 0.15) is 0 Å². The molecular weight excluding hydrogens is 250 g/mol. The molecule has 20 heavy (non-hydrogen) atoms. The molecule has 0 fully saturated rings. The Bertz CT molecular complexity index is 750. The highest BCUT2D eigenvalue weighted by Gasteiger charge is 2.13. The first-order valence-corrected chi connectivity index (χ1v) is 6.61. The van der Waals surface area contributed by atoms with Crippen molar-refractivity contribution < 1.29 is 0 Å². The van der Waals surface area contributed by atoms with Crippen LogP contribution in [0.25, 0.3) is 17.0 Å². The summed E-state index contributed by atoms with van der Waals surface area (Å²) < 4.78 is 1.63. The van der Waals surface area contributed by atoms with E-state index in [1.54, 1.807) is 10.7 Å². The zero-order valence-corrected chi connectivity index (χ0v) is 12.1. The lowest BCUT2D eigenvalue weighted by molar-refractivity contribution is 0.590. The van der Waals surface area contributed by atoms with Crippen molar-refractivity contribution in [1.29, 1.82) is 0 Å². The highest BCUT2D eigenvalue weighted by atomic mass is 15.4. The van der Waals surface area contributed by atoms with E-state index in [1.807, 2.05) is 6.92 Å². The second-order valence-corrected chi connectivity index (χ2v) is 5.93. The molecule has 3 aromatic rings. The number of aromatic nitrogens is 5. The molecule has 0 radical (unpaired) electrons. The lowest BCUT2D eigenvalue weighted by Gasteiger charge is -2.19. The van der Waals surface area contributed by atoms with Crippen LogP contribution in [0.5, 0.6) is 0 Å². The molecule has 0 unspecified atom stereocenters. The fourth-order valence-corrected chi connectivity index (χ4v) is 2.08. The summed E-state index contributed by atoms with van der Waals surface area (Å²) in [6.07, 6.45) is 1.75. The van der Waals surface area contributed by atoms with Gasteiger partial charge >= 0.3 is 0 Å². The largest absolute Gasteiger partial charge is 0.272 e. The lowest BCUT2D eigenvalue weighted by atomic mass is 9.86. The molecule has 5 nitrogen and oxygen atoms in total. The highest BCUT2D eigenvalue weighted by Crippen LogP contribution is 2.25. The van der Waals surface area contributed by atoms with Gasteiger partial charge < -0.3 is 0 Å². The van der Waals surface area contributed by atoms with Gasteiger partial charge in [-0.15, -0.1) is 10.2 Å². The molecule has 2 aromatic heterocycles. The molecule has 2 heterocycles. The average molecular weight is 267 g/mol. The molecule has 3 rings (SSSR count). The molecule has 0 amide bonds. The second kappa shape index (κ2) is 4.37. The maximum Gasteiger partial charge on any atom is 0.272 e. The van der Waals surface area contributed by atoms with E-state index >= 15 is 0 Å². The summed E-state index contributed by atoms with van der Waals surface area (Å²) in [5, 5.41) is 12.3. The van der Waals surface area contributed by atoms with Crippen LogP contribution in [0.3, 0.4) is 0 Å². The third-order valence-electron chi connectivity index (χ3n) is 3.34. The van der Waals surface area contributed by atoms with E-state index < -0.39 is 0 Å². The second-order valence-electron chi connectivity index (χ2n) is 5.93. The molecule has 0 spiro atoms. The molecule has 0 aliphatic heterocycles. The van der Waals surface area contributed by atoms with E-state index in [0.29, 0.717) is 5.78 Å². The van der Waals surface area contributed by atoms with Crippen molar-refractivity contribution in [2.24, 2.45) is 0 Å². The number of hydrogen-bond donors (Lipinski definition) is 0. The van der Waals surface area contributed by atoms with Gasteiger partial charge in [-0.05, 0) is 17.9 Å². The minimum absolute atomic E-state index is 0.151. The molecule has 102 valence electrons.